The molecule has 2 heterocycles. The van der Waals surface area contributed by atoms with Crippen LogP contribution in [0.1, 0.15) is 18.3 Å². The molecule has 1 N–H and O–H groups in total. The highest BCUT2D eigenvalue weighted by molar-refractivity contribution is 5.93. The summed E-state index contributed by atoms with van der Waals surface area (Å²) in [5.41, 5.74) is -1.03. The fourth-order valence-corrected chi connectivity index (χ4v) is 3.51. The summed E-state index contributed by atoms with van der Waals surface area (Å²) in [7, 11) is 0. The number of rotatable bonds is 7. The van der Waals surface area contributed by atoms with Crippen LogP contribution in [-0.2, 0) is 23.9 Å². The molecule has 0 bridgehead atoms. The van der Waals surface area contributed by atoms with E-state index in [1.165, 1.54) is 18.2 Å². The lowest BCUT2D eigenvalue weighted by molar-refractivity contribution is -0.137. The van der Waals surface area contributed by atoms with Crippen molar-refractivity contribution in [2.24, 2.45) is 0 Å². The molecule has 0 saturated carbocycles. The third-order valence-electron chi connectivity index (χ3n) is 5.11. The number of hydrogen-bond donors (Lipinski definition) is 1. The Morgan fingerprint density at radius 3 is 2.48 bits per heavy atom. The van der Waals surface area contributed by atoms with Gasteiger partial charge in [-0.05, 0) is 12.1 Å². The molecule has 158 valence electrons. The van der Waals surface area contributed by atoms with Gasteiger partial charge in [0, 0.05) is 58.1 Å². The molecule has 1 fully saturated rings. The zero-order valence-electron chi connectivity index (χ0n) is 16.5. The van der Waals surface area contributed by atoms with Crippen molar-refractivity contribution in [2.45, 2.75) is 26.1 Å². The molecule has 0 spiro atoms. The number of piperazine rings is 1. The van der Waals surface area contributed by atoms with E-state index in [0.29, 0.717) is 13.1 Å². The van der Waals surface area contributed by atoms with Crippen molar-refractivity contribution in [3.05, 3.63) is 48.0 Å². The Morgan fingerprint density at radius 1 is 1.10 bits per heavy atom. The summed E-state index contributed by atoms with van der Waals surface area (Å²) in [6, 6.07) is 5.04. The van der Waals surface area contributed by atoms with Gasteiger partial charge in [-0.15, -0.1) is 0 Å². The first-order valence-corrected chi connectivity index (χ1v) is 9.77. The fraction of sp³-hybridized carbons (Fsp3) is 0.500. The number of carbonyl (C=O) groups excluding carboxylic acids is 1. The molecule has 1 saturated heterocycles. The predicted octanol–water partition coefficient (Wildman–Crippen LogP) is 2.72. The molecule has 1 aliphatic heterocycles. The molecule has 9 heteroatoms. The van der Waals surface area contributed by atoms with Gasteiger partial charge in [0.1, 0.15) is 5.82 Å². The van der Waals surface area contributed by atoms with Crippen LogP contribution in [0.25, 0.3) is 0 Å². The van der Waals surface area contributed by atoms with E-state index in [-0.39, 0.29) is 12.2 Å². The number of nitrogens with zero attached hydrogens (tertiary/aromatic N) is 4. The van der Waals surface area contributed by atoms with E-state index in [9.17, 15) is 18.0 Å². The number of aryl methyl sites for hydroxylation is 1. The van der Waals surface area contributed by atoms with E-state index in [1.54, 1.807) is 0 Å². The third kappa shape index (κ3) is 5.80. The number of carbonyl (C=O) groups is 1. The molecular formula is C20H26F3N5O. The molecule has 6 nitrogen and oxygen atoms in total. The Kier molecular flexibility index (Phi) is 6.92. The van der Waals surface area contributed by atoms with E-state index in [4.69, 9.17) is 0 Å². The van der Waals surface area contributed by atoms with Crippen molar-refractivity contribution in [3.63, 3.8) is 0 Å². The number of halogens is 3. The van der Waals surface area contributed by atoms with Gasteiger partial charge >= 0.3 is 6.18 Å². The van der Waals surface area contributed by atoms with Gasteiger partial charge in [-0.2, -0.15) is 13.2 Å². The van der Waals surface area contributed by atoms with Gasteiger partial charge in [0.2, 0.25) is 5.91 Å². The van der Waals surface area contributed by atoms with Crippen LogP contribution in [-0.4, -0.2) is 64.5 Å². The van der Waals surface area contributed by atoms with Gasteiger partial charge in [0.05, 0.1) is 17.8 Å². The first kappa shape index (κ1) is 21.3. The Labute approximate surface area is 168 Å². The van der Waals surface area contributed by atoms with Crippen LogP contribution in [0.15, 0.2) is 36.7 Å². The molecule has 29 heavy (non-hydrogen) atoms. The van der Waals surface area contributed by atoms with E-state index in [0.717, 1.165) is 44.5 Å². The molecule has 1 amide bonds. The second-order valence-electron chi connectivity index (χ2n) is 7.10. The van der Waals surface area contributed by atoms with Crippen LogP contribution in [0.4, 0.5) is 18.9 Å². The van der Waals surface area contributed by atoms with E-state index >= 15 is 0 Å². The highest BCUT2D eigenvalue weighted by atomic mass is 19.4. The lowest BCUT2D eigenvalue weighted by Gasteiger charge is -2.34. The van der Waals surface area contributed by atoms with E-state index in [1.807, 2.05) is 17.3 Å². The van der Waals surface area contributed by atoms with Gasteiger partial charge < -0.3 is 9.88 Å². The summed E-state index contributed by atoms with van der Waals surface area (Å²) in [5.74, 6) is 0.639. The first-order valence-electron chi connectivity index (χ1n) is 9.77. The third-order valence-corrected chi connectivity index (χ3v) is 5.11. The van der Waals surface area contributed by atoms with Crippen molar-refractivity contribution in [1.29, 1.82) is 0 Å². The maximum Gasteiger partial charge on any atom is 0.418 e. The lowest BCUT2D eigenvalue weighted by atomic mass is 10.1. The van der Waals surface area contributed by atoms with Crippen LogP contribution >= 0.6 is 0 Å². The molecule has 0 radical (unpaired) electrons. The SMILES string of the molecule is CCc1nccn1CCN1CCN(CC(=O)Nc2ccccc2C(F)(F)F)CC1. The van der Waals surface area contributed by atoms with Gasteiger partial charge in [-0.3, -0.25) is 14.6 Å². The molecule has 1 aromatic heterocycles. The number of hydrogen-bond acceptors (Lipinski definition) is 4. The summed E-state index contributed by atoms with van der Waals surface area (Å²) in [6.45, 7) is 7.00. The number of aromatic nitrogens is 2. The summed E-state index contributed by atoms with van der Waals surface area (Å²) < 4.78 is 41.3. The normalized spacial score (nSPS) is 16.1. The number of para-hydroxylation sites is 1. The van der Waals surface area contributed by atoms with Crippen molar-refractivity contribution in [3.8, 4) is 0 Å². The number of amides is 1. The standard InChI is InChI=1S/C20H26F3N5O/c1-2-18-24-7-8-28(18)14-13-26-9-11-27(12-10-26)15-19(29)25-17-6-4-3-5-16(17)20(21,22)23/h3-8H,2,9-15H2,1H3,(H,25,29). The largest absolute Gasteiger partial charge is 0.418 e. The van der Waals surface area contributed by atoms with Crippen molar-refractivity contribution < 1.29 is 18.0 Å². The smallest absolute Gasteiger partial charge is 0.334 e. The highest BCUT2D eigenvalue weighted by Gasteiger charge is 2.33. The number of anilines is 1. The minimum atomic E-state index is -4.50. The van der Waals surface area contributed by atoms with Crippen LogP contribution in [0, 0.1) is 0 Å². The van der Waals surface area contributed by atoms with Gasteiger partial charge in [-0.25, -0.2) is 4.98 Å². The Balaban J connectivity index is 1.44. The average Bonchev–Trinajstić information content (AvgIpc) is 3.14. The first-order chi connectivity index (χ1) is 13.9. The zero-order chi connectivity index (χ0) is 20.9. The fourth-order valence-electron chi connectivity index (χ4n) is 3.51. The van der Waals surface area contributed by atoms with Crippen LogP contribution in [0.5, 0.6) is 0 Å². The molecule has 1 aliphatic rings. The molecule has 0 aliphatic carbocycles. The van der Waals surface area contributed by atoms with E-state index < -0.39 is 17.6 Å². The minimum absolute atomic E-state index is 0.0849. The minimum Gasteiger partial charge on any atom is -0.334 e. The van der Waals surface area contributed by atoms with Gasteiger partial charge in [-0.1, -0.05) is 19.1 Å². The molecular weight excluding hydrogens is 383 g/mol. The van der Waals surface area contributed by atoms with Crippen LogP contribution in [0.2, 0.25) is 0 Å². The summed E-state index contributed by atoms with van der Waals surface area (Å²) in [4.78, 5) is 20.9. The second-order valence-corrected chi connectivity index (χ2v) is 7.10. The Hall–Kier alpha value is -2.39. The van der Waals surface area contributed by atoms with Crippen molar-refractivity contribution >= 4 is 11.6 Å². The van der Waals surface area contributed by atoms with Crippen LogP contribution < -0.4 is 5.32 Å². The van der Waals surface area contributed by atoms with Crippen LogP contribution in [0.3, 0.4) is 0 Å². The monoisotopic (exact) mass is 409 g/mol. The number of nitrogens with one attached hydrogen (secondary N) is 1. The zero-order valence-corrected chi connectivity index (χ0v) is 16.5. The number of alkyl halides is 3. The summed E-state index contributed by atoms with van der Waals surface area (Å²) in [6.07, 6.45) is 0.195. The van der Waals surface area contributed by atoms with Crippen molar-refractivity contribution in [1.82, 2.24) is 19.4 Å². The second kappa shape index (κ2) is 9.41. The summed E-state index contributed by atoms with van der Waals surface area (Å²) >= 11 is 0. The van der Waals surface area contributed by atoms with E-state index in [2.05, 4.69) is 26.7 Å². The molecule has 3 rings (SSSR count). The number of benzene rings is 1. The molecule has 2 aromatic rings. The topological polar surface area (TPSA) is 53.4 Å². The maximum atomic E-state index is 13.0. The molecule has 1 aromatic carbocycles. The predicted molar refractivity (Wildman–Crippen MR) is 105 cm³/mol. The lowest BCUT2D eigenvalue weighted by Crippen LogP contribution is -2.49. The Bertz CT molecular complexity index is 812. The molecule has 0 unspecified atom stereocenters. The summed E-state index contributed by atoms with van der Waals surface area (Å²) in [5, 5.41) is 2.41. The van der Waals surface area contributed by atoms with Gasteiger partial charge in [0.25, 0.3) is 0 Å². The van der Waals surface area contributed by atoms with Gasteiger partial charge in [0.15, 0.2) is 0 Å². The van der Waals surface area contributed by atoms with Crippen molar-refractivity contribution in [2.75, 3.05) is 44.6 Å². The highest BCUT2D eigenvalue weighted by Crippen LogP contribution is 2.34. The molecule has 0 atom stereocenters. The maximum absolute atomic E-state index is 13.0. The average molecular weight is 409 g/mol. The Morgan fingerprint density at radius 2 is 1.79 bits per heavy atom. The number of imidazole rings is 1. The quantitative estimate of drug-likeness (QED) is 0.764.